The van der Waals surface area contributed by atoms with Crippen molar-refractivity contribution in [3.8, 4) is 5.95 Å². The van der Waals surface area contributed by atoms with Crippen LogP contribution < -0.4 is 21.7 Å². The Hall–Kier alpha value is -4.29. The maximum Gasteiger partial charge on any atom is 0.326 e. The van der Waals surface area contributed by atoms with Crippen molar-refractivity contribution in [3.05, 3.63) is 35.7 Å². The number of nitrogens with two attached hydrogens (primary N) is 1. The van der Waals surface area contributed by atoms with Crippen LogP contribution in [0.15, 0.2) is 24.4 Å². The van der Waals surface area contributed by atoms with Crippen LogP contribution in [-0.4, -0.2) is 53.0 Å². The van der Waals surface area contributed by atoms with E-state index in [0.717, 1.165) is 12.8 Å². The number of imide groups is 1. The van der Waals surface area contributed by atoms with E-state index in [4.69, 9.17) is 5.73 Å². The summed E-state index contributed by atoms with van der Waals surface area (Å²) in [5, 5.41) is 12.1. The Bertz CT molecular complexity index is 1220. The molecule has 3 aromatic rings. The number of amides is 4. The van der Waals surface area contributed by atoms with Crippen molar-refractivity contribution in [1.29, 1.82) is 0 Å². The largest absolute Gasteiger partial charge is 0.364 e. The minimum Gasteiger partial charge on any atom is -0.364 e. The molecule has 2 fully saturated rings. The van der Waals surface area contributed by atoms with E-state index in [0.29, 0.717) is 17.2 Å². The number of aromatic nitrogens is 6. The Morgan fingerprint density at radius 1 is 1.28 bits per heavy atom. The van der Waals surface area contributed by atoms with Gasteiger partial charge in [0.25, 0.3) is 11.8 Å². The first-order chi connectivity index (χ1) is 14.0. The number of fused-ring (bicyclic) bond motifs is 1. The Morgan fingerprint density at radius 2 is 2.10 bits per heavy atom. The van der Waals surface area contributed by atoms with Crippen molar-refractivity contribution in [2.75, 3.05) is 5.32 Å². The summed E-state index contributed by atoms with van der Waals surface area (Å²) in [6.45, 7) is 0. The first-order valence-corrected chi connectivity index (χ1v) is 8.68. The van der Waals surface area contributed by atoms with Gasteiger partial charge in [0.1, 0.15) is 17.7 Å². The second-order valence-corrected chi connectivity index (χ2v) is 6.60. The van der Waals surface area contributed by atoms with E-state index in [9.17, 15) is 14.4 Å². The molecule has 0 atom stereocenters. The minimum atomic E-state index is -0.668. The highest BCUT2D eigenvalue weighted by atomic mass is 16.2. The maximum absolute atomic E-state index is 11.8. The lowest BCUT2D eigenvalue weighted by molar-refractivity contribution is -0.115. The first-order valence-electron chi connectivity index (χ1n) is 8.68. The number of anilines is 1. The molecule has 4 amide bonds. The fraction of sp³-hybridized carbons (Fsp3) is 0.188. The molecule has 1 aliphatic heterocycles. The highest BCUT2D eigenvalue weighted by Crippen LogP contribution is 2.25. The maximum atomic E-state index is 11.8. The molecule has 146 valence electrons. The number of imidazole rings is 1. The standard InChI is InChI=1S/C16H14N10O3/c17-11(27)10-5-25(6-18-10)14-22-12-7(3-9-13(28)23-16(29)21-9)4-19-26(12)15(24-14)20-8-1-2-8/h3-6,8H,1-2H2,(H2,17,27)(H,20,22,24)(H2,21,23,28,29)/b9-3-. The van der Waals surface area contributed by atoms with Gasteiger partial charge >= 0.3 is 6.03 Å². The van der Waals surface area contributed by atoms with Gasteiger partial charge in [-0.1, -0.05) is 0 Å². The normalized spacial score (nSPS) is 17.6. The quantitative estimate of drug-likeness (QED) is 0.320. The van der Waals surface area contributed by atoms with Crippen molar-refractivity contribution < 1.29 is 14.4 Å². The molecule has 5 N–H and O–H groups in total. The number of rotatable bonds is 5. The van der Waals surface area contributed by atoms with E-state index >= 15 is 0 Å². The number of hydrogen-bond acceptors (Lipinski definition) is 8. The summed E-state index contributed by atoms with van der Waals surface area (Å²) < 4.78 is 2.97. The molecule has 0 bridgehead atoms. The van der Waals surface area contributed by atoms with Crippen LogP contribution in [0.1, 0.15) is 28.9 Å². The van der Waals surface area contributed by atoms with Crippen LogP contribution in [0.5, 0.6) is 0 Å². The number of nitrogens with one attached hydrogen (secondary N) is 3. The van der Waals surface area contributed by atoms with Gasteiger partial charge in [0.2, 0.25) is 11.9 Å². The van der Waals surface area contributed by atoms with Crippen LogP contribution in [0, 0.1) is 0 Å². The average molecular weight is 394 g/mol. The average Bonchev–Trinajstić information content (AvgIpc) is 3.08. The zero-order valence-corrected chi connectivity index (χ0v) is 14.8. The molecule has 13 heteroatoms. The second kappa shape index (κ2) is 6.12. The third kappa shape index (κ3) is 3.03. The molecule has 0 radical (unpaired) electrons. The molecule has 29 heavy (non-hydrogen) atoms. The van der Waals surface area contributed by atoms with Gasteiger partial charge in [-0.05, 0) is 18.9 Å². The van der Waals surface area contributed by atoms with E-state index < -0.39 is 17.8 Å². The van der Waals surface area contributed by atoms with Crippen molar-refractivity contribution in [3.63, 3.8) is 0 Å². The third-order valence-electron chi connectivity index (χ3n) is 4.38. The van der Waals surface area contributed by atoms with Crippen LogP contribution in [0.2, 0.25) is 0 Å². The third-order valence-corrected chi connectivity index (χ3v) is 4.38. The Labute approximate surface area is 162 Å². The SMILES string of the molecule is NC(=O)c1cn(-c2nc(NC3CC3)n3ncc(/C=C4\NC(=O)NC4=O)c3n2)cn1. The van der Waals surface area contributed by atoms with Gasteiger partial charge in [0.15, 0.2) is 5.65 Å². The summed E-state index contributed by atoms with van der Waals surface area (Å²) in [6.07, 6.45) is 7.83. The highest BCUT2D eigenvalue weighted by Gasteiger charge is 2.26. The van der Waals surface area contributed by atoms with Crippen LogP contribution in [0.3, 0.4) is 0 Å². The molecule has 5 rings (SSSR count). The van der Waals surface area contributed by atoms with E-state index in [1.54, 1.807) is 0 Å². The van der Waals surface area contributed by atoms with Crippen LogP contribution in [-0.2, 0) is 4.79 Å². The molecule has 1 saturated heterocycles. The van der Waals surface area contributed by atoms with E-state index in [-0.39, 0.29) is 23.4 Å². The Kier molecular flexibility index (Phi) is 3.55. The van der Waals surface area contributed by atoms with Gasteiger partial charge in [-0.25, -0.2) is 9.78 Å². The Balaban J connectivity index is 1.64. The monoisotopic (exact) mass is 394 g/mol. The van der Waals surface area contributed by atoms with Gasteiger partial charge in [0, 0.05) is 17.8 Å². The minimum absolute atomic E-state index is 0.0753. The molecule has 0 unspecified atom stereocenters. The van der Waals surface area contributed by atoms with Gasteiger partial charge in [-0.3, -0.25) is 19.5 Å². The predicted molar refractivity (Wildman–Crippen MR) is 97.7 cm³/mol. The van der Waals surface area contributed by atoms with Crippen molar-refractivity contribution in [2.45, 2.75) is 18.9 Å². The Morgan fingerprint density at radius 3 is 2.76 bits per heavy atom. The first kappa shape index (κ1) is 16.9. The zero-order valence-electron chi connectivity index (χ0n) is 14.8. The fourth-order valence-electron chi connectivity index (χ4n) is 2.80. The van der Waals surface area contributed by atoms with Gasteiger partial charge in [-0.2, -0.15) is 19.6 Å². The van der Waals surface area contributed by atoms with Crippen molar-refractivity contribution >= 4 is 35.5 Å². The lowest BCUT2D eigenvalue weighted by Gasteiger charge is -2.09. The molecule has 0 spiro atoms. The second-order valence-electron chi connectivity index (χ2n) is 6.60. The molecular weight excluding hydrogens is 380 g/mol. The molecule has 0 aromatic carbocycles. The molecule has 13 nitrogen and oxygen atoms in total. The molecule has 4 heterocycles. The van der Waals surface area contributed by atoms with E-state index in [1.165, 1.54) is 33.9 Å². The highest BCUT2D eigenvalue weighted by molar-refractivity contribution is 6.14. The topological polar surface area (TPSA) is 174 Å². The zero-order chi connectivity index (χ0) is 20.1. The van der Waals surface area contributed by atoms with Crippen molar-refractivity contribution in [1.82, 2.24) is 39.8 Å². The number of nitrogens with zero attached hydrogens (tertiary/aromatic N) is 6. The smallest absolute Gasteiger partial charge is 0.326 e. The van der Waals surface area contributed by atoms with Crippen LogP contribution in [0.25, 0.3) is 17.7 Å². The number of hydrogen-bond donors (Lipinski definition) is 4. The molecule has 1 aliphatic carbocycles. The molecule has 1 saturated carbocycles. The van der Waals surface area contributed by atoms with Crippen LogP contribution >= 0.6 is 0 Å². The van der Waals surface area contributed by atoms with Gasteiger partial charge < -0.3 is 16.4 Å². The predicted octanol–water partition coefficient (Wildman–Crippen LogP) is -0.836. The summed E-state index contributed by atoms with van der Waals surface area (Å²) in [4.78, 5) is 47.4. The summed E-state index contributed by atoms with van der Waals surface area (Å²) in [6, 6.07) is -0.308. The summed E-state index contributed by atoms with van der Waals surface area (Å²) in [5.74, 6) is -0.522. The number of primary amides is 1. The number of carbonyl (C=O) groups excluding carboxylic acids is 3. The fourth-order valence-corrected chi connectivity index (χ4v) is 2.80. The van der Waals surface area contributed by atoms with Crippen molar-refractivity contribution in [2.24, 2.45) is 5.73 Å². The lowest BCUT2D eigenvalue weighted by atomic mass is 10.2. The summed E-state index contributed by atoms with van der Waals surface area (Å²) >= 11 is 0. The molecule has 3 aromatic heterocycles. The van der Waals surface area contributed by atoms with Gasteiger partial charge in [0.05, 0.1) is 6.20 Å². The summed E-state index contributed by atoms with van der Waals surface area (Å²) in [7, 11) is 0. The lowest BCUT2D eigenvalue weighted by Crippen LogP contribution is -2.22. The number of carbonyl (C=O) groups is 3. The van der Waals surface area contributed by atoms with Gasteiger partial charge in [-0.15, -0.1) is 0 Å². The summed E-state index contributed by atoms with van der Waals surface area (Å²) in [5.41, 5.74) is 6.31. The van der Waals surface area contributed by atoms with E-state index in [1.807, 2.05) is 0 Å². The molecular formula is C16H14N10O3. The van der Waals surface area contributed by atoms with Crippen LogP contribution in [0.4, 0.5) is 10.7 Å². The number of urea groups is 1. The van der Waals surface area contributed by atoms with E-state index in [2.05, 4.69) is 36.0 Å². The molecule has 2 aliphatic rings.